The Morgan fingerprint density at radius 3 is 2.84 bits per heavy atom. The quantitative estimate of drug-likeness (QED) is 0.743. The molecule has 2 aliphatic heterocycles. The van der Waals surface area contributed by atoms with Crippen molar-refractivity contribution in [2.75, 3.05) is 13.1 Å². The number of fused-ring (bicyclic) bond motifs is 2. The smallest absolute Gasteiger partial charge is 0.259 e. The molecule has 0 bridgehead atoms. The molecule has 0 saturated heterocycles. The van der Waals surface area contributed by atoms with Gasteiger partial charge >= 0.3 is 0 Å². The second kappa shape index (κ2) is 9.63. The predicted octanol–water partition coefficient (Wildman–Crippen LogP) is 1.81. The van der Waals surface area contributed by atoms with Gasteiger partial charge in [-0.2, -0.15) is 0 Å². The summed E-state index contributed by atoms with van der Waals surface area (Å²) in [6, 6.07) is 5.42. The first-order chi connectivity index (χ1) is 15.4. The van der Waals surface area contributed by atoms with Gasteiger partial charge in [0.05, 0.1) is 30.3 Å². The molecule has 0 fully saturated rings. The van der Waals surface area contributed by atoms with Crippen LogP contribution in [0.3, 0.4) is 0 Å². The highest BCUT2D eigenvalue weighted by Crippen LogP contribution is 2.24. The monoisotopic (exact) mass is 437 g/mol. The first-order valence-corrected chi connectivity index (χ1v) is 11.5. The van der Waals surface area contributed by atoms with Crippen LogP contribution in [0.5, 0.6) is 0 Å². The highest BCUT2D eigenvalue weighted by Gasteiger charge is 2.30. The zero-order chi connectivity index (χ0) is 22.7. The summed E-state index contributed by atoms with van der Waals surface area (Å²) >= 11 is 0. The topological polar surface area (TPSA) is 97.2 Å². The van der Waals surface area contributed by atoms with Gasteiger partial charge in [-0.15, -0.1) is 0 Å². The molecule has 8 heteroatoms. The van der Waals surface area contributed by atoms with Crippen LogP contribution in [0.25, 0.3) is 0 Å². The summed E-state index contributed by atoms with van der Waals surface area (Å²) in [5.74, 6) is 1.07. The van der Waals surface area contributed by atoms with Crippen LogP contribution in [0.15, 0.2) is 29.2 Å². The lowest BCUT2D eigenvalue weighted by molar-refractivity contribution is -0.131. The Labute approximate surface area is 188 Å². The fraction of sp³-hybridized carbons (Fsp3) is 0.542. The predicted molar refractivity (Wildman–Crippen MR) is 120 cm³/mol. The molecule has 170 valence electrons. The summed E-state index contributed by atoms with van der Waals surface area (Å²) < 4.78 is 1.77. The van der Waals surface area contributed by atoms with Gasteiger partial charge in [-0.25, -0.2) is 4.98 Å². The Bertz CT molecular complexity index is 1050. The molecule has 4 rings (SSSR count). The Balaban J connectivity index is 1.52. The zero-order valence-electron chi connectivity index (χ0n) is 18.8. The number of aryl methyl sites for hydroxylation is 1. The molecule has 8 nitrogen and oxygen atoms in total. The van der Waals surface area contributed by atoms with Crippen molar-refractivity contribution in [3.63, 3.8) is 0 Å². The number of carbonyl (C=O) groups excluding carboxylic acids is 2. The van der Waals surface area contributed by atoms with Gasteiger partial charge in [0.2, 0.25) is 11.8 Å². The summed E-state index contributed by atoms with van der Waals surface area (Å²) in [6.45, 7) is 5.29. The van der Waals surface area contributed by atoms with Gasteiger partial charge in [-0.05, 0) is 30.9 Å². The number of pyridine rings is 1. The summed E-state index contributed by atoms with van der Waals surface area (Å²) in [5.41, 5.74) is 2.08. The van der Waals surface area contributed by atoms with Gasteiger partial charge in [0, 0.05) is 44.2 Å². The molecule has 0 spiro atoms. The van der Waals surface area contributed by atoms with Gasteiger partial charge in [0.25, 0.3) is 5.56 Å². The number of amides is 2. The summed E-state index contributed by atoms with van der Waals surface area (Å²) in [6.07, 6.45) is 5.51. The average Bonchev–Trinajstić information content (AvgIpc) is 2.77. The average molecular weight is 438 g/mol. The molecule has 0 radical (unpaired) electrons. The maximum atomic E-state index is 13.5. The first-order valence-electron chi connectivity index (χ1n) is 11.5. The fourth-order valence-electron chi connectivity index (χ4n) is 4.57. The van der Waals surface area contributed by atoms with Gasteiger partial charge in [0.15, 0.2) is 0 Å². The highest BCUT2D eigenvalue weighted by molar-refractivity contribution is 5.78. The molecule has 2 amide bonds. The molecule has 1 N–H and O–H groups in total. The number of carbonyl (C=O) groups is 2. The van der Waals surface area contributed by atoms with Crippen molar-refractivity contribution in [3.8, 4) is 0 Å². The molecule has 2 aromatic rings. The lowest BCUT2D eigenvalue weighted by Gasteiger charge is -2.32. The number of nitrogens with one attached hydrogen (secondary N) is 1. The Kier molecular flexibility index (Phi) is 6.67. The second-order valence-corrected chi connectivity index (χ2v) is 9.14. The molecule has 2 aliphatic rings. The van der Waals surface area contributed by atoms with Crippen LogP contribution in [0.1, 0.15) is 61.9 Å². The molecule has 4 heterocycles. The third-order valence-corrected chi connectivity index (χ3v) is 6.18. The molecule has 0 aromatic carbocycles. The molecule has 32 heavy (non-hydrogen) atoms. The van der Waals surface area contributed by atoms with Crippen molar-refractivity contribution >= 4 is 11.8 Å². The van der Waals surface area contributed by atoms with Crippen molar-refractivity contribution in [2.24, 2.45) is 5.92 Å². The van der Waals surface area contributed by atoms with Crippen LogP contribution in [-0.2, 0) is 35.4 Å². The normalized spacial score (nSPS) is 17.6. The maximum absolute atomic E-state index is 13.5. The van der Waals surface area contributed by atoms with Crippen molar-refractivity contribution in [3.05, 3.63) is 57.5 Å². The minimum atomic E-state index is -0.0974. The van der Waals surface area contributed by atoms with Crippen molar-refractivity contribution in [2.45, 2.75) is 65.0 Å². The lowest BCUT2D eigenvalue weighted by atomic mass is 10.00. The van der Waals surface area contributed by atoms with E-state index in [1.54, 1.807) is 15.7 Å². The largest absolute Gasteiger partial charge is 0.354 e. The number of rotatable bonds is 6. The van der Waals surface area contributed by atoms with Crippen molar-refractivity contribution in [1.82, 2.24) is 24.8 Å². The van der Waals surface area contributed by atoms with Gasteiger partial charge in [-0.3, -0.25) is 23.9 Å². The third kappa shape index (κ3) is 4.89. The number of hydrogen-bond donors (Lipinski definition) is 1. The van der Waals surface area contributed by atoms with E-state index in [2.05, 4.69) is 10.3 Å². The van der Waals surface area contributed by atoms with Crippen molar-refractivity contribution < 1.29 is 9.59 Å². The van der Waals surface area contributed by atoms with Crippen LogP contribution in [-0.4, -0.2) is 44.3 Å². The molecule has 0 unspecified atom stereocenters. The summed E-state index contributed by atoms with van der Waals surface area (Å²) in [4.78, 5) is 49.2. The lowest BCUT2D eigenvalue weighted by Crippen LogP contribution is -2.45. The van der Waals surface area contributed by atoms with Gasteiger partial charge in [-0.1, -0.05) is 19.9 Å². The minimum Gasteiger partial charge on any atom is -0.354 e. The van der Waals surface area contributed by atoms with E-state index in [9.17, 15) is 14.4 Å². The number of nitrogens with zero attached hydrogens (tertiary/aromatic N) is 4. The van der Waals surface area contributed by atoms with Gasteiger partial charge in [0.1, 0.15) is 5.82 Å². The number of aromatic nitrogens is 3. The maximum Gasteiger partial charge on any atom is 0.259 e. The van der Waals surface area contributed by atoms with Crippen LogP contribution < -0.4 is 10.9 Å². The molecule has 1 atom stereocenters. The Hall–Kier alpha value is -3.03. The highest BCUT2D eigenvalue weighted by atomic mass is 16.2. The number of hydrogen-bond acceptors (Lipinski definition) is 5. The van der Waals surface area contributed by atoms with Crippen LogP contribution in [0.4, 0.5) is 0 Å². The van der Waals surface area contributed by atoms with Crippen molar-refractivity contribution in [1.29, 1.82) is 0 Å². The standard InChI is InChI=1S/C24H31N5O3/c1-16(2)12-22(30)26-14-18-7-5-8-21-27-20-9-11-28(15-19(20)24(32)29(18)21)23(31)13-17-6-3-4-10-25-17/h3-4,6,10,16,18H,5,7-9,11-15H2,1-2H3,(H,26,30)/t18-/m1/s1. The third-order valence-electron chi connectivity index (χ3n) is 6.18. The molecule has 0 saturated carbocycles. The van der Waals surface area contributed by atoms with Crippen LogP contribution in [0.2, 0.25) is 0 Å². The Morgan fingerprint density at radius 1 is 1.25 bits per heavy atom. The summed E-state index contributed by atoms with van der Waals surface area (Å²) in [5, 5.41) is 2.99. The fourth-order valence-corrected chi connectivity index (χ4v) is 4.57. The summed E-state index contributed by atoms with van der Waals surface area (Å²) in [7, 11) is 0. The van der Waals surface area contributed by atoms with E-state index < -0.39 is 0 Å². The molecule has 0 aliphatic carbocycles. The van der Waals surface area contributed by atoms with E-state index in [0.29, 0.717) is 37.4 Å². The van der Waals surface area contributed by atoms with E-state index in [-0.39, 0.29) is 36.4 Å². The molecule has 2 aromatic heterocycles. The zero-order valence-corrected chi connectivity index (χ0v) is 18.8. The van der Waals surface area contributed by atoms with Gasteiger partial charge < -0.3 is 10.2 Å². The Morgan fingerprint density at radius 2 is 2.09 bits per heavy atom. The van der Waals surface area contributed by atoms with E-state index in [1.165, 1.54) is 0 Å². The van der Waals surface area contributed by atoms with E-state index in [1.807, 2.05) is 32.0 Å². The van der Waals surface area contributed by atoms with Crippen LogP contribution >= 0.6 is 0 Å². The second-order valence-electron chi connectivity index (χ2n) is 9.14. The SMILES string of the molecule is CC(C)CC(=O)NC[C@H]1CCCc2nc3c(c(=O)n21)CN(C(=O)Cc1ccccn1)CC3. The van der Waals surface area contributed by atoms with Crippen LogP contribution in [0, 0.1) is 5.92 Å². The minimum absolute atomic E-state index is 0.0115. The first kappa shape index (κ1) is 22.2. The van der Waals surface area contributed by atoms with E-state index >= 15 is 0 Å². The molecular weight excluding hydrogens is 406 g/mol. The molecular formula is C24H31N5O3. The van der Waals surface area contributed by atoms with E-state index in [0.717, 1.165) is 36.5 Å². The van der Waals surface area contributed by atoms with E-state index in [4.69, 9.17) is 4.98 Å².